The molecule has 0 amide bonds. The van der Waals surface area contributed by atoms with E-state index in [0.717, 1.165) is 5.92 Å². The summed E-state index contributed by atoms with van der Waals surface area (Å²) in [6.07, 6.45) is 3.87. The lowest BCUT2D eigenvalue weighted by atomic mass is 9.90. The van der Waals surface area contributed by atoms with Crippen LogP contribution < -0.4 is 5.32 Å². The predicted octanol–water partition coefficient (Wildman–Crippen LogP) is 3.15. The quantitative estimate of drug-likeness (QED) is 0.880. The molecule has 0 bridgehead atoms. The van der Waals surface area contributed by atoms with Gasteiger partial charge in [-0.15, -0.1) is 0 Å². The summed E-state index contributed by atoms with van der Waals surface area (Å²) in [5.41, 5.74) is 2.66. The first-order chi connectivity index (χ1) is 8.33. The molecule has 2 heterocycles. The first kappa shape index (κ1) is 11.2. The number of aryl methyl sites for hydroxylation is 1. The lowest BCUT2D eigenvalue weighted by Gasteiger charge is -2.22. The van der Waals surface area contributed by atoms with Gasteiger partial charge in [0.1, 0.15) is 0 Å². The molecule has 1 saturated heterocycles. The van der Waals surface area contributed by atoms with Crippen LogP contribution in [0.5, 0.6) is 0 Å². The highest BCUT2D eigenvalue weighted by Gasteiger charge is 2.14. The molecule has 0 atom stereocenters. The molecular formula is C14H18N2S. The smallest absolute Gasteiger partial charge is 0.0589 e. The van der Waals surface area contributed by atoms with Crippen molar-refractivity contribution < 1.29 is 0 Å². The monoisotopic (exact) mass is 246 g/mol. The number of hydrogen-bond donors (Lipinski definition) is 1. The van der Waals surface area contributed by atoms with E-state index in [0.29, 0.717) is 0 Å². The number of piperidine rings is 1. The topological polar surface area (TPSA) is 24.9 Å². The van der Waals surface area contributed by atoms with E-state index in [1.54, 1.807) is 11.5 Å². The van der Waals surface area contributed by atoms with Crippen LogP contribution in [0.2, 0.25) is 0 Å². The highest BCUT2D eigenvalue weighted by atomic mass is 32.1. The van der Waals surface area contributed by atoms with Crippen LogP contribution in [0.4, 0.5) is 0 Å². The van der Waals surface area contributed by atoms with Crippen molar-refractivity contribution in [3.8, 4) is 0 Å². The van der Waals surface area contributed by atoms with Crippen LogP contribution in [0.3, 0.4) is 0 Å². The fourth-order valence-corrected chi connectivity index (χ4v) is 3.42. The van der Waals surface area contributed by atoms with Crippen molar-refractivity contribution in [2.75, 3.05) is 13.1 Å². The molecule has 0 saturated carbocycles. The Kier molecular flexibility index (Phi) is 3.12. The minimum absolute atomic E-state index is 0.862. The van der Waals surface area contributed by atoms with Crippen molar-refractivity contribution >= 4 is 21.6 Å². The largest absolute Gasteiger partial charge is 0.317 e. The number of nitrogens with zero attached hydrogens (tertiary/aromatic N) is 1. The second kappa shape index (κ2) is 4.75. The van der Waals surface area contributed by atoms with E-state index in [1.165, 1.54) is 53.7 Å². The summed E-state index contributed by atoms with van der Waals surface area (Å²) >= 11 is 1.61. The zero-order valence-electron chi connectivity index (χ0n) is 10.2. The van der Waals surface area contributed by atoms with Crippen molar-refractivity contribution in [1.82, 2.24) is 9.69 Å². The predicted molar refractivity (Wildman–Crippen MR) is 73.7 cm³/mol. The summed E-state index contributed by atoms with van der Waals surface area (Å²) < 4.78 is 5.73. The number of rotatable bonds is 2. The van der Waals surface area contributed by atoms with Gasteiger partial charge in [-0.2, -0.15) is 4.37 Å². The molecule has 1 aliphatic heterocycles. The lowest BCUT2D eigenvalue weighted by molar-refractivity contribution is 0.373. The maximum Gasteiger partial charge on any atom is 0.0589 e. The lowest BCUT2D eigenvalue weighted by Crippen LogP contribution is -2.28. The van der Waals surface area contributed by atoms with Gasteiger partial charge in [-0.25, -0.2) is 0 Å². The third kappa shape index (κ3) is 2.35. The Morgan fingerprint density at radius 1 is 1.35 bits per heavy atom. The molecule has 90 valence electrons. The van der Waals surface area contributed by atoms with E-state index in [1.807, 2.05) is 0 Å². The van der Waals surface area contributed by atoms with E-state index in [-0.39, 0.29) is 0 Å². The molecule has 1 fully saturated rings. The van der Waals surface area contributed by atoms with Gasteiger partial charge in [0.25, 0.3) is 0 Å². The number of hydrogen-bond acceptors (Lipinski definition) is 3. The number of benzene rings is 1. The van der Waals surface area contributed by atoms with Crippen LogP contribution in [-0.2, 0) is 6.42 Å². The van der Waals surface area contributed by atoms with Crippen LogP contribution in [0, 0.1) is 12.8 Å². The molecular weight excluding hydrogens is 228 g/mol. The molecule has 1 aromatic carbocycles. The third-order valence-corrected chi connectivity index (χ3v) is 4.62. The molecule has 0 spiro atoms. The highest BCUT2D eigenvalue weighted by molar-refractivity contribution is 7.13. The summed E-state index contributed by atoms with van der Waals surface area (Å²) in [5.74, 6) is 0.862. The van der Waals surface area contributed by atoms with Gasteiger partial charge in [-0.1, -0.05) is 6.07 Å². The molecule has 2 nitrogen and oxygen atoms in total. The number of aromatic nitrogens is 1. The summed E-state index contributed by atoms with van der Waals surface area (Å²) in [4.78, 5) is 0. The molecule has 17 heavy (non-hydrogen) atoms. The van der Waals surface area contributed by atoms with E-state index >= 15 is 0 Å². The van der Waals surface area contributed by atoms with Crippen molar-refractivity contribution in [3.63, 3.8) is 0 Å². The van der Waals surface area contributed by atoms with E-state index < -0.39 is 0 Å². The molecule has 3 rings (SSSR count). The van der Waals surface area contributed by atoms with Gasteiger partial charge < -0.3 is 5.32 Å². The van der Waals surface area contributed by atoms with Crippen molar-refractivity contribution in [2.24, 2.45) is 5.92 Å². The van der Waals surface area contributed by atoms with Gasteiger partial charge in [0.15, 0.2) is 0 Å². The Bertz CT molecular complexity index is 512. The normalized spacial score (nSPS) is 17.7. The van der Waals surface area contributed by atoms with Crippen molar-refractivity contribution in [1.29, 1.82) is 0 Å². The Labute approximate surface area is 106 Å². The molecule has 2 aromatic rings. The molecule has 1 aromatic heterocycles. The first-order valence-corrected chi connectivity index (χ1v) is 7.16. The Balaban J connectivity index is 1.82. The third-order valence-electron chi connectivity index (χ3n) is 3.70. The van der Waals surface area contributed by atoms with Gasteiger partial charge >= 0.3 is 0 Å². The Morgan fingerprint density at radius 3 is 3.00 bits per heavy atom. The minimum atomic E-state index is 0.862. The van der Waals surface area contributed by atoms with Gasteiger partial charge in [0.2, 0.25) is 0 Å². The van der Waals surface area contributed by atoms with Gasteiger partial charge in [-0.05, 0) is 74.4 Å². The summed E-state index contributed by atoms with van der Waals surface area (Å²) in [6.45, 7) is 4.48. The van der Waals surface area contributed by atoms with Gasteiger partial charge in [0.05, 0.1) is 10.4 Å². The van der Waals surface area contributed by atoms with Gasteiger partial charge in [-0.3, -0.25) is 0 Å². The molecule has 0 radical (unpaired) electrons. The highest BCUT2D eigenvalue weighted by Crippen LogP contribution is 2.25. The van der Waals surface area contributed by atoms with Crippen LogP contribution in [-0.4, -0.2) is 17.5 Å². The zero-order chi connectivity index (χ0) is 11.7. The maximum absolute atomic E-state index is 4.42. The average molecular weight is 246 g/mol. The standard InChI is InChI=1S/C14H18N2S/c1-10-13-9-12(2-3-14(13)17-16-10)8-11-4-6-15-7-5-11/h2-3,9,11,15H,4-8H2,1H3. The number of nitrogens with one attached hydrogen (secondary N) is 1. The summed E-state index contributed by atoms with van der Waals surface area (Å²) in [5, 5.41) is 4.78. The second-order valence-electron chi connectivity index (χ2n) is 5.00. The fraction of sp³-hybridized carbons (Fsp3) is 0.500. The first-order valence-electron chi connectivity index (χ1n) is 6.38. The summed E-state index contributed by atoms with van der Waals surface area (Å²) in [7, 11) is 0. The van der Waals surface area contributed by atoms with Crippen molar-refractivity contribution in [2.45, 2.75) is 26.2 Å². The molecule has 0 unspecified atom stereocenters. The van der Waals surface area contributed by atoms with Gasteiger partial charge in [0, 0.05) is 5.39 Å². The minimum Gasteiger partial charge on any atom is -0.317 e. The van der Waals surface area contributed by atoms with Crippen LogP contribution >= 0.6 is 11.5 Å². The summed E-state index contributed by atoms with van der Waals surface area (Å²) in [6, 6.07) is 6.86. The van der Waals surface area contributed by atoms with Crippen LogP contribution in [0.1, 0.15) is 24.1 Å². The maximum atomic E-state index is 4.42. The van der Waals surface area contributed by atoms with Crippen LogP contribution in [0.25, 0.3) is 10.1 Å². The molecule has 1 N–H and O–H groups in total. The van der Waals surface area contributed by atoms with Crippen molar-refractivity contribution in [3.05, 3.63) is 29.5 Å². The fourth-order valence-electron chi connectivity index (χ4n) is 2.65. The molecule has 3 heteroatoms. The molecule has 1 aliphatic rings. The SMILES string of the molecule is Cc1nsc2ccc(CC3CCNCC3)cc12. The molecule has 0 aliphatic carbocycles. The van der Waals surface area contributed by atoms with E-state index in [4.69, 9.17) is 0 Å². The van der Waals surface area contributed by atoms with E-state index in [9.17, 15) is 0 Å². The number of fused-ring (bicyclic) bond motifs is 1. The zero-order valence-corrected chi connectivity index (χ0v) is 11.0. The average Bonchev–Trinajstić information content (AvgIpc) is 2.73. The Hall–Kier alpha value is -0.930. The van der Waals surface area contributed by atoms with E-state index in [2.05, 4.69) is 34.8 Å². The second-order valence-corrected chi connectivity index (χ2v) is 5.80. The van der Waals surface area contributed by atoms with Crippen LogP contribution in [0.15, 0.2) is 18.2 Å². The Morgan fingerprint density at radius 2 is 2.18 bits per heavy atom.